The van der Waals surface area contributed by atoms with Crippen molar-refractivity contribution in [2.45, 2.75) is 6.92 Å². The summed E-state index contributed by atoms with van der Waals surface area (Å²) in [6.07, 6.45) is 1.21. The molecule has 0 unspecified atom stereocenters. The minimum absolute atomic E-state index is 0.249. The zero-order valence-corrected chi connectivity index (χ0v) is 12.2. The number of hydrogen-bond donors (Lipinski definition) is 2. The third-order valence-corrected chi connectivity index (χ3v) is 3.40. The number of hydrogen-bond acceptors (Lipinski definition) is 3. The number of rotatable bonds is 3. The van der Waals surface area contributed by atoms with Gasteiger partial charge in [0.25, 0.3) is 5.91 Å². The summed E-state index contributed by atoms with van der Waals surface area (Å²) in [5.41, 5.74) is 7.22. The molecule has 0 atom stereocenters. The second-order valence-corrected chi connectivity index (χ2v) is 5.02. The Kier molecular flexibility index (Phi) is 3.53. The van der Waals surface area contributed by atoms with Gasteiger partial charge in [-0.2, -0.15) is 0 Å². The molecule has 23 heavy (non-hydrogen) atoms. The van der Waals surface area contributed by atoms with Crippen molar-refractivity contribution in [3.05, 3.63) is 65.4 Å². The van der Waals surface area contributed by atoms with E-state index in [0.717, 1.165) is 0 Å². The molecule has 7 heteroatoms. The first-order valence-electron chi connectivity index (χ1n) is 6.81. The van der Waals surface area contributed by atoms with E-state index in [1.165, 1.54) is 34.9 Å². The van der Waals surface area contributed by atoms with Gasteiger partial charge in [-0.05, 0) is 43.3 Å². The fourth-order valence-electron chi connectivity index (χ4n) is 2.32. The largest absolute Gasteiger partial charge is 0.366 e. The molecule has 2 heterocycles. The summed E-state index contributed by atoms with van der Waals surface area (Å²) in [5.74, 6) is -1.43. The lowest BCUT2D eigenvalue weighted by molar-refractivity contribution is 0.0997. The Morgan fingerprint density at radius 3 is 2.52 bits per heavy atom. The van der Waals surface area contributed by atoms with Crippen molar-refractivity contribution >= 4 is 23.1 Å². The number of nitrogens with zero attached hydrogens (tertiary/aromatic N) is 2. The number of amides is 2. The van der Waals surface area contributed by atoms with Crippen molar-refractivity contribution in [3.63, 3.8) is 0 Å². The number of imidazole rings is 1. The maximum atomic E-state index is 13.4. The minimum Gasteiger partial charge on any atom is -0.366 e. The van der Waals surface area contributed by atoms with Crippen LogP contribution in [-0.2, 0) is 0 Å². The molecule has 0 aliphatic heterocycles. The van der Waals surface area contributed by atoms with Crippen LogP contribution in [0.15, 0.2) is 42.6 Å². The molecule has 0 aliphatic carbocycles. The van der Waals surface area contributed by atoms with Crippen molar-refractivity contribution in [3.8, 4) is 0 Å². The number of carbonyl (C=O) groups excluding carboxylic acids is 2. The van der Waals surface area contributed by atoms with Crippen molar-refractivity contribution < 1.29 is 14.0 Å². The Balaban J connectivity index is 1.93. The minimum atomic E-state index is -0.545. The van der Waals surface area contributed by atoms with Crippen LogP contribution in [0, 0.1) is 12.7 Å². The van der Waals surface area contributed by atoms with E-state index in [-0.39, 0.29) is 5.69 Å². The zero-order valence-electron chi connectivity index (χ0n) is 12.2. The number of aromatic nitrogens is 2. The first-order chi connectivity index (χ1) is 11.0. The van der Waals surface area contributed by atoms with Crippen LogP contribution in [0.1, 0.15) is 26.5 Å². The number of benzene rings is 1. The van der Waals surface area contributed by atoms with E-state index < -0.39 is 17.6 Å². The van der Waals surface area contributed by atoms with Crippen molar-refractivity contribution in [2.24, 2.45) is 5.73 Å². The molecule has 2 amide bonds. The second kappa shape index (κ2) is 5.53. The number of pyridine rings is 1. The lowest BCUT2D eigenvalue weighted by atomic mass is 10.2. The molecule has 0 spiro atoms. The summed E-state index contributed by atoms with van der Waals surface area (Å²) in [6.45, 7) is 1.68. The van der Waals surface area contributed by atoms with Crippen molar-refractivity contribution in [1.82, 2.24) is 9.38 Å². The smallest absolute Gasteiger partial charge is 0.274 e. The van der Waals surface area contributed by atoms with E-state index in [1.54, 1.807) is 19.1 Å². The third-order valence-electron chi connectivity index (χ3n) is 3.40. The molecule has 0 saturated heterocycles. The molecule has 0 bridgehead atoms. The molecule has 1 aromatic carbocycles. The molecule has 0 saturated carbocycles. The van der Waals surface area contributed by atoms with E-state index in [4.69, 9.17) is 5.73 Å². The van der Waals surface area contributed by atoms with Crippen LogP contribution in [0.4, 0.5) is 10.1 Å². The number of halogens is 1. The van der Waals surface area contributed by atoms with Crippen LogP contribution in [0.25, 0.3) is 5.65 Å². The number of carbonyl (C=O) groups is 2. The average molecular weight is 312 g/mol. The Labute approximate surface area is 130 Å². The normalized spacial score (nSPS) is 10.7. The highest BCUT2D eigenvalue weighted by molar-refractivity contribution is 6.04. The molecular weight excluding hydrogens is 299 g/mol. The SMILES string of the molecule is Cc1nc2ccc(F)cn2c1C(=O)Nc1ccc(C(N)=O)cc1. The van der Waals surface area contributed by atoms with Crippen LogP contribution < -0.4 is 11.1 Å². The van der Waals surface area contributed by atoms with Crippen molar-refractivity contribution in [2.75, 3.05) is 5.32 Å². The molecule has 6 nitrogen and oxygen atoms in total. The highest BCUT2D eigenvalue weighted by Crippen LogP contribution is 2.16. The fourth-order valence-corrected chi connectivity index (χ4v) is 2.32. The Morgan fingerprint density at radius 2 is 1.87 bits per heavy atom. The van der Waals surface area contributed by atoms with E-state index in [9.17, 15) is 14.0 Å². The topological polar surface area (TPSA) is 89.5 Å². The number of aryl methyl sites for hydroxylation is 1. The van der Waals surface area contributed by atoms with Crippen LogP contribution in [0.3, 0.4) is 0 Å². The molecular formula is C16H13FN4O2. The Bertz CT molecular complexity index is 916. The lowest BCUT2D eigenvalue weighted by Gasteiger charge is -2.06. The van der Waals surface area contributed by atoms with Gasteiger partial charge in [-0.25, -0.2) is 9.37 Å². The second-order valence-electron chi connectivity index (χ2n) is 5.02. The third kappa shape index (κ3) is 2.76. The zero-order chi connectivity index (χ0) is 16.6. The van der Waals surface area contributed by atoms with Gasteiger partial charge in [0.15, 0.2) is 0 Å². The van der Waals surface area contributed by atoms with E-state index >= 15 is 0 Å². The number of primary amides is 1. The van der Waals surface area contributed by atoms with Crippen molar-refractivity contribution in [1.29, 1.82) is 0 Å². The molecule has 0 radical (unpaired) electrons. The molecule has 3 rings (SSSR count). The van der Waals surface area contributed by atoms with Gasteiger partial charge in [-0.3, -0.25) is 14.0 Å². The fraction of sp³-hybridized carbons (Fsp3) is 0.0625. The molecule has 0 fully saturated rings. The van der Waals surface area contributed by atoms with Gasteiger partial charge in [0, 0.05) is 17.4 Å². The predicted octanol–water partition coefficient (Wildman–Crippen LogP) is 2.13. The van der Waals surface area contributed by atoms with E-state index in [0.29, 0.717) is 22.6 Å². The van der Waals surface area contributed by atoms with Gasteiger partial charge in [-0.15, -0.1) is 0 Å². The maximum absolute atomic E-state index is 13.4. The molecule has 0 aliphatic rings. The number of anilines is 1. The van der Waals surface area contributed by atoms with Crippen LogP contribution in [0.5, 0.6) is 0 Å². The van der Waals surface area contributed by atoms with E-state index in [2.05, 4.69) is 10.3 Å². The first-order valence-corrected chi connectivity index (χ1v) is 6.81. The van der Waals surface area contributed by atoms with Crippen LogP contribution >= 0.6 is 0 Å². The molecule has 2 aromatic heterocycles. The molecule has 3 aromatic rings. The van der Waals surface area contributed by atoms with Gasteiger partial charge in [-0.1, -0.05) is 0 Å². The highest BCUT2D eigenvalue weighted by Gasteiger charge is 2.17. The molecule has 116 valence electrons. The van der Waals surface area contributed by atoms with Gasteiger partial charge in [0.1, 0.15) is 17.2 Å². The lowest BCUT2D eigenvalue weighted by Crippen LogP contribution is -2.16. The van der Waals surface area contributed by atoms with Gasteiger partial charge < -0.3 is 11.1 Å². The maximum Gasteiger partial charge on any atom is 0.274 e. The monoisotopic (exact) mass is 312 g/mol. The van der Waals surface area contributed by atoms with Crippen LogP contribution in [0.2, 0.25) is 0 Å². The number of fused-ring (bicyclic) bond motifs is 1. The van der Waals surface area contributed by atoms with Gasteiger partial charge in [0.05, 0.1) is 5.69 Å². The molecule has 3 N–H and O–H groups in total. The standard InChI is InChI=1S/C16H13FN4O2/c1-9-14(21-8-11(17)4-7-13(21)19-9)16(23)20-12-5-2-10(3-6-12)15(18)22/h2-8H,1H3,(H2,18,22)(H,20,23). The summed E-state index contributed by atoms with van der Waals surface area (Å²) in [7, 11) is 0. The van der Waals surface area contributed by atoms with Gasteiger partial charge in [0.2, 0.25) is 5.91 Å². The Morgan fingerprint density at radius 1 is 1.17 bits per heavy atom. The summed E-state index contributed by atoms with van der Waals surface area (Å²) in [4.78, 5) is 27.7. The predicted molar refractivity (Wildman–Crippen MR) is 82.8 cm³/mol. The number of nitrogens with one attached hydrogen (secondary N) is 1. The highest BCUT2D eigenvalue weighted by atomic mass is 19.1. The number of nitrogens with two attached hydrogens (primary N) is 1. The average Bonchev–Trinajstić information content (AvgIpc) is 2.83. The summed E-state index contributed by atoms with van der Waals surface area (Å²) < 4.78 is 14.8. The first kappa shape index (κ1) is 14.7. The van der Waals surface area contributed by atoms with Gasteiger partial charge >= 0.3 is 0 Å². The summed E-state index contributed by atoms with van der Waals surface area (Å²) in [5, 5.41) is 2.69. The quantitative estimate of drug-likeness (QED) is 0.776. The summed E-state index contributed by atoms with van der Waals surface area (Å²) in [6, 6.07) is 8.94. The van der Waals surface area contributed by atoms with E-state index in [1.807, 2.05) is 0 Å². The summed E-state index contributed by atoms with van der Waals surface area (Å²) >= 11 is 0. The van der Waals surface area contributed by atoms with Crippen LogP contribution in [-0.4, -0.2) is 21.2 Å². The Hall–Kier alpha value is -3.22.